The fourth-order valence-electron chi connectivity index (χ4n) is 6.14. The van der Waals surface area contributed by atoms with Crippen molar-refractivity contribution in [1.82, 2.24) is 0 Å². The SMILES string of the molecule is CCCCCCCc1ccc([C@H]2CC[C@H](C=C[C@H]3CC[C@H](CCC=CC=C(F)C#N)CC3)CC2)cc1. The Hall–Kier alpha value is -2.14. The molecule has 2 saturated carbocycles. The standard InChI is InChI=1S/C34H48FN/c1-2-3-4-5-7-10-29-19-23-32(24-20-29)33-25-21-31(22-26-33)18-17-30-15-13-28(14-16-30)11-8-6-9-12-34(35)27-36/h6,9,12,17-20,23-24,28,30-31,33H,2-5,7-8,10-11,13-16,21-22,25-26H2,1H3/t28-,30-,31-,33-. The van der Waals surface area contributed by atoms with Gasteiger partial charge >= 0.3 is 0 Å². The van der Waals surface area contributed by atoms with Crippen molar-refractivity contribution in [2.75, 3.05) is 0 Å². The number of nitriles is 1. The summed E-state index contributed by atoms with van der Waals surface area (Å²) in [6.45, 7) is 2.28. The van der Waals surface area contributed by atoms with Crippen LogP contribution in [0.3, 0.4) is 0 Å². The number of unbranched alkanes of at least 4 members (excludes halogenated alkanes) is 4. The van der Waals surface area contributed by atoms with Crippen LogP contribution in [-0.2, 0) is 6.42 Å². The van der Waals surface area contributed by atoms with E-state index in [0.717, 1.165) is 30.1 Å². The highest BCUT2D eigenvalue weighted by atomic mass is 19.1. The van der Waals surface area contributed by atoms with Crippen LogP contribution in [0.1, 0.15) is 120 Å². The highest BCUT2D eigenvalue weighted by molar-refractivity contribution is 5.26. The molecule has 1 aromatic carbocycles. The topological polar surface area (TPSA) is 23.8 Å². The molecule has 0 atom stereocenters. The minimum absolute atomic E-state index is 0.718. The molecule has 196 valence electrons. The Kier molecular flexibility index (Phi) is 13.1. The zero-order valence-corrected chi connectivity index (χ0v) is 22.6. The Bertz CT molecular complexity index is 855. The number of halogens is 1. The first kappa shape index (κ1) is 28.4. The van der Waals surface area contributed by atoms with Gasteiger partial charge in [0, 0.05) is 0 Å². The van der Waals surface area contributed by atoms with Gasteiger partial charge in [-0.1, -0.05) is 81.2 Å². The van der Waals surface area contributed by atoms with Crippen molar-refractivity contribution in [1.29, 1.82) is 5.26 Å². The van der Waals surface area contributed by atoms with Crippen molar-refractivity contribution in [2.45, 2.75) is 116 Å². The molecule has 1 aromatic rings. The zero-order chi connectivity index (χ0) is 25.4. The van der Waals surface area contributed by atoms with Gasteiger partial charge in [-0.2, -0.15) is 9.65 Å². The highest BCUT2D eigenvalue weighted by Crippen LogP contribution is 2.38. The van der Waals surface area contributed by atoms with Crippen LogP contribution in [0.2, 0.25) is 0 Å². The number of rotatable bonds is 13. The van der Waals surface area contributed by atoms with Crippen molar-refractivity contribution in [3.05, 3.63) is 71.6 Å². The van der Waals surface area contributed by atoms with Crippen LogP contribution in [0, 0.1) is 29.1 Å². The van der Waals surface area contributed by atoms with Crippen LogP contribution < -0.4 is 0 Å². The summed E-state index contributed by atoms with van der Waals surface area (Å²) in [5, 5.41) is 8.42. The third-order valence-electron chi connectivity index (χ3n) is 8.57. The lowest BCUT2D eigenvalue weighted by atomic mass is 9.76. The minimum Gasteiger partial charge on any atom is -0.195 e. The molecule has 0 spiro atoms. The van der Waals surface area contributed by atoms with Gasteiger partial charge in [0.25, 0.3) is 0 Å². The van der Waals surface area contributed by atoms with Crippen LogP contribution in [-0.4, -0.2) is 0 Å². The van der Waals surface area contributed by atoms with Crippen LogP contribution in [0.5, 0.6) is 0 Å². The molecule has 0 bridgehead atoms. The molecular weight excluding hydrogens is 441 g/mol. The van der Waals surface area contributed by atoms with Crippen LogP contribution in [0.25, 0.3) is 0 Å². The largest absolute Gasteiger partial charge is 0.199 e. The van der Waals surface area contributed by atoms with Gasteiger partial charge in [0.15, 0.2) is 5.83 Å². The maximum Gasteiger partial charge on any atom is 0.199 e. The average Bonchev–Trinajstić information content (AvgIpc) is 2.93. The first-order valence-electron chi connectivity index (χ1n) is 14.9. The summed E-state index contributed by atoms with van der Waals surface area (Å²) < 4.78 is 12.8. The third-order valence-corrected chi connectivity index (χ3v) is 8.57. The predicted octanol–water partition coefficient (Wildman–Crippen LogP) is 10.5. The van der Waals surface area contributed by atoms with E-state index >= 15 is 0 Å². The molecule has 0 saturated heterocycles. The quantitative estimate of drug-likeness (QED) is 0.117. The monoisotopic (exact) mass is 489 g/mol. The Morgan fingerprint density at radius 1 is 0.889 bits per heavy atom. The summed E-state index contributed by atoms with van der Waals surface area (Å²) in [6.07, 6.45) is 30.8. The average molecular weight is 490 g/mol. The Balaban J connectivity index is 1.30. The zero-order valence-electron chi connectivity index (χ0n) is 22.6. The Morgan fingerprint density at radius 2 is 1.53 bits per heavy atom. The van der Waals surface area contributed by atoms with E-state index in [1.807, 2.05) is 6.08 Å². The van der Waals surface area contributed by atoms with Crippen molar-refractivity contribution < 1.29 is 4.39 Å². The smallest absolute Gasteiger partial charge is 0.195 e. The minimum atomic E-state index is -0.718. The van der Waals surface area contributed by atoms with Crippen LogP contribution in [0.15, 0.2) is 60.5 Å². The van der Waals surface area contributed by atoms with Gasteiger partial charge in [0.2, 0.25) is 0 Å². The number of aryl methyl sites for hydroxylation is 1. The Labute approximate surface area is 220 Å². The molecule has 0 aliphatic heterocycles. The molecule has 36 heavy (non-hydrogen) atoms. The Morgan fingerprint density at radius 3 is 2.17 bits per heavy atom. The fraction of sp³-hybridized carbons (Fsp3) is 0.618. The third kappa shape index (κ3) is 10.5. The van der Waals surface area contributed by atoms with Gasteiger partial charge < -0.3 is 0 Å². The molecule has 0 radical (unpaired) electrons. The normalized spacial score (nSPS) is 25.4. The molecular formula is C34H48FN. The molecule has 2 heteroatoms. The number of allylic oxidation sites excluding steroid dienone is 6. The van der Waals surface area contributed by atoms with Crippen LogP contribution in [0.4, 0.5) is 4.39 Å². The van der Waals surface area contributed by atoms with E-state index in [1.165, 1.54) is 114 Å². The molecule has 0 amide bonds. The number of hydrogen-bond acceptors (Lipinski definition) is 1. The van der Waals surface area contributed by atoms with Gasteiger partial charge in [-0.05, 0) is 118 Å². The van der Waals surface area contributed by atoms with Crippen LogP contribution >= 0.6 is 0 Å². The van der Waals surface area contributed by atoms with E-state index in [2.05, 4.69) is 43.3 Å². The molecule has 0 unspecified atom stereocenters. The molecule has 2 aliphatic rings. The number of benzene rings is 1. The van der Waals surface area contributed by atoms with Crippen molar-refractivity contribution in [3.63, 3.8) is 0 Å². The summed E-state index contributed by atoms with van der Waals surface area (Å²) in [6, 6.07) is 11.1. The van der Waals surface area contributed by atoms with E-state index in [1.54, 1.807) is 11.6 Å². The van der Waals surface area contributed by atoms with Crippen molar-refractivity contribution in [3.8, 4) is 6.07 Å². The summed E-state index contributed by atoms with van der Waals surface area (Å²) in [5.41, 5.74) is 3.08. The second-order valence-electron chi connectivity index (χ2n) is 11.3. The highest BCUT2D eigenvalue weighted by Gasteiger charge is 2.22. The summed E-state index contributed by atoms with van der Waals surface area (Å²) in [7, 11) is 0. The lowest BCUT2D eigenvalue weighted by molar-refractivity contribution is 0.295. The maximum atomic E-state index is 12.8. The van der Waals surface area contributed by atoms with E-state index in [4.69, 9.17) is 5.26 Å². The molecule has 0 heterocycles. The van der Waals surface area contributed by atoms with E-state index in [0.29, 0.717) is 0 Å². The summed E-state index contributed by atoms with van der Waals surface area (Å²) >= 11 is 0. The lowest BCUT2D eigenvalue weighted by Crippen LogP contribution is -2.14. The van der Waals surface area contributed by atoms with E-state index in [-0.39, 0.29) is 0 Å². The van der Waals surface area contributed by atoms with E-state index in [9.17, 15) is 4.39 Å². The van der Waals surface area contributed by atoms with Gasteiger partial charge in [-0.3, -0.25) is 0 Å². The summed E-state index contributed by atoms with van der Waals surface area (Å²) in [4.78, 5) is 0. The van der Waals surface area contributed by atoms with Crippen molar-refractivity contribution in [2.24, 2.45) is 17.8 Å². The van der Waals surface area contributed by atoms with E-state index < -0.39 is 5.83 Å². The van der Waals surface area contributed by atoms with Gasteiger partial charge in [-0.15, -0.1) is 0 Å². The summed E-state index contributed by atoms with van der Waals surface area (Å²) in [5.74, 6) is 2.37. The first-order chi connectivity index (χ1) is 17.7. The molecule has 0 aromatic heterocycles. The molecule has 3 rings (SSSR count). The first-order valence-corrected chi connectivity index (χ1v) is 14.9. The molecule has 0 N–H and O–H groups in total. The fourth-order valence-corrected chi connectivity index (χ4v) is 6.14. The van der Waals surface area contributed by atoms with Gasteiger partial charge in [0.1, 0.15) is 6.07 Å². The second-order valence-corrected chi connectivity index (χ2v) is 11.3. The molecule has 2 fully saturated rings. The van der Waals surface area contributed by atoms with Gasteiger partial charge in [0.05, 0.1) is 0 Å². The molecule has 1 nitrogen and oxygen atoms in total. The van der Waals surface area contributed by atoms with Gasteiger partial charge in [-0.25, -0.2) is 0 Å². The second kappa shape index (κ2) is 16.6. The maximum absolute atomic E-state index is 12.8. The lowest BCUT2D eigenvalue weighted by Gasteiger charge is -2.29. The predicted molar refractivity (Wildman–Crippen MR) is 151 cm³/mol. The number of hydrogen-bond donors (Lipinski definition) is 0. The molecule has 2 aliphatic carbocycles. The van der Waals surface area contributed by atoms with Crippen molar-refractivity contribution >= 4 is 0 Å². The number of nitrogens with zero attached hydrogens (tertiary/aromatic N) is 1.